The molecule has 2 atom stereocenters. The van der Waals surface area contributed by atoms with Crippen molar-refractivity contribution in [2.75, 3.05) is 12.0 Å². The first-order valence-electron chi connectivity index (χ1n) is 5.13. The minimum absolute atomic E-state index is 0.190. The highest BCUT2D eigenvalue weighted by Crippen LogP contribution is 1.93. The number of hydrogen-bond acceptors (Lipinski definition) is 4. The molecule has 0 saturated carbocycles. The van der Waals surface area contributed by atoms with E-state index in [0.29, 0.717) is 0 Å². The quantitative estimate of drug-likeness (QED) is 0.604. The smallest absolute Gasteiger partial charge is 0.326 e. The molecule has 100 valence electrons. The standard InChI is InChI=1S/C9H18N2O5S/c1-4-7(8(12)13)11-9(14)10-6(2)5-17(3,15)16/h6-7H,4-5H2,1-3H3,(H,12,13)(H2,10,11,14). The summed E-state index contributed by atoms with van der Waals surface area (Å²) in [6, 6.07) is -2.23. The molecule has 0 bridgehead atoms. The van der Waals surface area contributed by atoms with Crippen molar-refractivity contribution < 1.29 is 23.1 Å². The number of urea groups is 1. The average molecular weight is 266 g/mol. The minimum atomic E-state index is -3.18. The minimum Gasteiger partial charge on any atom is -0.480 e. The van der Waals surface area contributed by atoms with Crippen molar-refractivity contribution in [2.45, 2.75) is 32.4 Å². The lowest BCUT2D eigenvalue weighted by molar-refractivity contribution is -0.139. The number of carboxylic acid groups (broad SMARTS) is 1. The fourth-order valence-electron chi connectivity index (χ4n) is 1.26. The van der Waals surface area contributed by atoms with E-state index in [-0.39, 0.29) is 12.2 Å². The summed E-state index contributed by atoms with van der Waals surface area (Å²) in [6.07, 6.45) is 1.32. The normalized spacial score (nSPS) is 14.8. The maximum absolute atomic E-state index is 11.3. The molecule has 7 nitrogen and oxygen atoms in total. The highest BCUT2D eigenvalue weighted by Gasteiger charge is 2.19. The summed E-state index contributed by atoms with van der Waals surface area (Å²) in [5.41, 5.74) is 0. The molecule has 0 aromatic rings. The first-order chi connectivity index (χ1) is 7.65. The Balaban J connectivity index is 4.22. The summed E-state index contributed by atoms with van der Waals surface area (Å²) in [5.74, 6) is -1.32. The van der Waals surface area contributed by atoms with Gasteiger partial charge in [0.05, 0.1) is 5.75 Å². The lowest BCUT2D eigenvalue weighted by Gasteiger charge is -2.16. The summed E-state index contributed by atoms with van der Waals surface area (Å²) in [5, 5.41) is 13.3. The molecular formula is C9H18N2O5S. The van der Waals surface area contributed by atoms with Gasteiger partial charge in [-0.25, -0.2) is 18.0 Å². The molecule has 2 unspecified atom stereocenters. The van der Waals surface area contributed by atoms with Crippen LogP contribution >= 0.6 is 0 Å². The molecule has 0 heterocycles. The summed E-state index contributed by atoms with van der Waals surface area (Å²) in [4.78, 5) is 22.0. The van der Waals surface area contributed by atoms with Crippen LogP contribution in [-0.2, 0) is 14.6 Å². The van der Waals surface area contributed by atoms with Gasteiger partial charge in [-0.1, -0.05) is 6.92 Å². The molecule has 0 aromatic heterocycles. The van der Waals surface area contributed by atoms with E-state index >= 15 is 0 Å². The number of nitrogens with one attached hydrogen (secondary N) is 2. The van der Waals surface area contributed by atoms with Gasteiger partial charge in [0.15, 0.2) is 0 Å². The van der Waals surface area contributed by atoms with E-state index in [4.69, 9.17) is 5.11 Å². The van der Waals surface area contributed by atoms with Crippen LogP contribution in [0.25, 0.3) is 0 Å². The molecule has 8 heteroatoms. The largest absolute Gasteiger partial charge is 0.480 e. The van der Waals surface area contributed by atoms with Gasteiger partial charge in [0.2, 0.25) is 0 Å². The van der Waals surface area contributed by atoms with Gasteiger partial charge in [-0.15, -0.1) is 0 Å². The molecule has 0 saturated heterocycles. The van der Waals surface area contributed by atoms with Crippen LogP contribution in [0, 0.1) is 0 Å². The predicted molar refractivity (Wildman–Crippen MR) is 62.6 cm³/mol. The molecule has 3 N–H and O–H groups in total. The second-order valence-electron chi connectivity index (χ2n) is 3.91. The molecule has 0 rings (SSSR count). The van der Waals surface area contributed by atoms with E-state index in [1.807, 2.05) is 0 Å². The second-order valence-corrected chi connectivity index (χ2v) is 6.10. The molecule has 2 amide bonds. The number of sulfone groups is 1. The fraction of sp³-hybridized carbons (Fsp3) is 0.778. The fourth-order valence-corrected chi connectivity index (χ4v) is 2.25. The van der Waals surface area contributed by atoms with Crippen LogP contribution in [0.4, 0.5) is 4.79 Å². The van der Waals surface area contributed by atoms with Gasteiger partial charge >= 0.3 is 12.0 Å². The van der Waals surface area contributed by atoms with Crippen LogP contribution in [0.2, 0.25) is 0 Å². The molecule has 0 aliphatic rings. The van der Waals surface area contributed by atoms with E-state index in [1.165, 1.54) is 6.92 Å². The zero-order valence-electron chi connectivity index (χ0n) is 10.1. The third kappa shape index (κ3) is 7.56. The van der Waals surface area contributed by atoms with Gasteiger partial charge < -0.3 is 15.7 Å². The Morgan fingerprint density at radius 2 is 1.82 bits per heavy atom. The van der Waals surface area contributed by atoms with Crippen molar-refractivity contribution in [1.82, 2.24) is 10.6 Å². The first kappa shape index (κ1) is 15.7. The van der Waals surface area contributed by atoms with Gasteiger partial charge in [0.1, 0.15) is 15.9 Å². The SMILES string of the molecule is CCC(NC(=O)NC(C)CS(C)(=O)=O)C(=O)O. The van der Waals surface area contributed by atoms with E-state index < -0.39 is 33.9 Å². The number of rotatable bonds is 6. The number of carbonyl (C=O) groups is 2. The van der Waals surface area contributed by atoms with E-state index in [1.54, 1.807) is 6.92 Å². The number of aliphatic carboxylic acids is 1. The third-order valence-corrected chi connectivity index (χ3v) is 3.05. The lowest BCUT2D eigenvalue weighted by atomic mass is 10.2. The number of hydrogen-bond donors (Lipinski definition) is 3. The summed E-state index contributed by atoms with van der Waals surface area (Å²) in [7, 11) is -3.18. The Kier molecular flexibility index (Phi) is 5.94. The average Bonchev–Trinajstić information content (AvgIpc) is 2.09. The van der Waals surface area contributed by atoms with Crippen LogP contribution in [0.1, 0.15) is 20.3 Å². The lowest BCUT2D eigenvalue weighted by Crippen LogP contribution is -2.49. The number of amides is 2. The van der Waals surface area contributed by atoms with Gasteiger partial charge in [-0.05, 0) is 13.3 Å². The van der Waals surface area contributed by atoms with Gasteiger partial charge in [-0.2, -0.15) is 0 Å². The molecule has 0 spiro atoms. The van der Waals surface area contributed by atoms with Crippen molar-refractivity contribution in [2.24, 2.45) is 0 Å². The molecular weight excluding hydrogens is 248 g/mol. The molecule has 0 aliphatic heterocycles. The molecule has 0 radical (unpaired) electrons. The van der Waals surface area contributed by atoms with Crippen LogP contribution in [-0.4, -0.2) is 49.6 Å². The van der Waals surface area contributed by atoms with Crippen molar-refractivity contribution in [3.8, 4) is 0 Å². The van der Waals surface area contributed by atoms with E-state index in [0.717, 1.165) is 6.26 Å². The molecule has 0 fully saturated rings. The van der Waals surface area contributed by atoms with Gasteiger partial charge in [0.25, 0.3) is 0 Å². The first-order valence-corrected chi connectivity index (χ1v) is 7.19. The van der Waals surface area contributed by atoms with Crippen LogP contribution in [0.5, 0.6) is 0 Å². The maximum atomic E-state index is 11.3. The maximum Gasteiger partial charge on any atom is 0.326 e. The topological polar surface area (TPSA) is 113 Å². The van der Waals surface area contributed by atoms with E-state index in [2.05, 4.69) is 10.6 Å². The van der Waals surface area contributed by atoms with Crippen LogP contribution in [0.15, 0.2) is 0 Å². The van der Waals surface area contributed by atoms with Crippen molar-refractivity contribution in [3.63, 3.8) is 0 Å². The Morgan fingerprint density at radius 3 is 2.18 bits per heavy atom. The van der Waals surface area contributed by atoms with E-state index in [9.17, 15) is 18.0 Å². The summed E-state index contributed by atoms with van der Waals surface area (Å²) >= 11 is 0. The number of carbonyl (C=O) groups excluding carboxylic acids is 1. The zero-order valence-corrected chi connectivity index (χ0v) is 10.9. The van der Waals surface area contributed by atoms with Crippen LogP contribution in [0.3, 0.4) is 0 Å². The monoisotopic (exact) mass is 266 g/mol. The van der Waals surface area contributed by atoms with Gasteiger partial charge in [0, 0.05) is 12.3 Å². The van der Waals surface area contributed by atoms with Crippen LogP contribution < -0.4 is 10.6 Å². The second kappa shape index (κ2) is 6.43. The molecule has 0 aliphatic carbocycles. The highest BCUT2D eigenvalue weighted by atomic mass is 32.2. The summed E-state index contributed by atoms with van der Waals surface area (Å²) < 4.78 is 21.9. The highest BCUT2D eigenvalue weighted by molar-refractivity contribution is 7.90. The number of carboxylic acids is 1. The third-order valence-electron chi connectivity index (χ3n) is 1.94. The Bertz CT molecular complexity index is 379. The molecule has 17 heavy (non-hydrogen) atoms. The Hall–Kier alpha value is -1.31. The van der Waals surface area contributed by atoms with Crippen molar-refractivity contribution >= 4 is 21.8 Å². The Labute approximate surface area is 101 Å². The summed E-state index contributed by atoms with van der Waals surface area (Å²) in [6.45, 7) is 3.15. The van der Waals surface area contributed by atoms with Crippen molar-refractivity contribution in [1.29, 1.82) is 0 Å². The van der Waals surface area contributed by atoms with Crippen molar-refractivity contribution in [3.05, 3.63) is 0 Å². The zero-order chi connectivity index (χ0) is 13.6. The Morgan fingerprint density at radius 1 is 1.29 bits per heavy atom. The van der Waals surface area contributed by atoms with Gasteiger partial charge in [-0.3, -0.25) is 0 Å². The molecule has 0 aromatic carbocycles. The predicted octanol–water partition coefficient (Wildman–Crippen LogP) is -0.418.